The lowest BCUT2D eigenvalue weighted by atomic mass is 10.00. The van der Waals surface area contributed by atoms with Crippen molar-refractivity contribution in [1.82, 2.24) is 4.90 Å². The van der Waals surface area contributed by atoms with Gasteiger partial charge in [-0.1, -0.05) is 12.1 Å². The highest BCUT2D eigenvalue weighted by molar-refractivity contribution is 7.10. The smallest absolute Gasteiger partial charge is 0.292 e. The van der Waals surface area contributed by atoms with Crippen LogP contribution in [-0.4, -0.2) is 16.4 Å². The molecule has 0 spiro atoms. The SMILES string of the molecule is CC1c2ccsc2CCN1Cc1cccc([N+](=O)[O-])c1N. The van der Waals surface area contributed by atoms with E-state index in [1.165, 1.54) is 16.5 Å². The Morgan fingerprint density at radius 1 is 1.48 bits per heavy atom. The average molecular weight is 303 g/mol. The minimum Gasteiger partial charge on any atom is -0.393 e. The number of para-hydroxylation sites is 1. The zero-order chi connectivity index (χ0) is 15.0. The van der Waals surface area contributed by atoms with Crippen LogP contribution in [0, 0.1) is 10.1 Å². The zero-order valence-electron chi connectivity index (χ0n) is 11.8. The van der Waals surface area contributed by atoms with Crippen LogP contribution in [0.5, 0.6) is 0 Å². The van der Waals surface area contributed by atoms with Crippen LogP contribution in [0.2, 0.25) is 0 Å². The summed E-state index contributed by atoms with van der Waals surface area (Å²) in [5.41, 5.74) is 8.43. The normalized spacial score (nSPS) is 18.4. The first-order valence-corrected chi connectivity index (χ1v) is 7.78. The van der Waals surface area contributed by atoms with Gasteiger partial charge in [-0.05, 0) is 35.9 Å². The van der Waals surface area contributed by atoms with E-state index in [1.807, 2.05) is 6.07 Å². The highest BCUT2D eigenvalue weighted by Crippen LogP contribution is 2.35. The first kappa shape index (κ1) is 14.0. The first-order chi connectivity index (χ1) is 10.1. The molecule has 5 nitrogen and oxygen atoms in total. The number of hydrogen-bond acceptors (Lipinski definition) is 5. The van der Waals surface area contributed by atoms with Crippen LogP contribution in [0.15, 0.2) is 29.6 Å². The van der Waals surface area contributed by atoms with Crippen molar-refractivity contribution in [3.05, 3.63) is 55.8 Å². The summed E-state index contributed by atoms with van der Waals surface area (Å²) < 4.78 is 0. The van der Waals surface area contributed by atoms with Gasteiger partial charge in [-0.15, -0.1) is 11.3 Å². The van der Waals surface area contributed by atoms with E-state index in [9.17, 15) is 10.1 Å². The molecule has 21 heavy (non-hydrogen) atoms. The molecule has 0 saturated heterocycles. The summed E-state index contributed by atoms with van der Waals surface area (Å²) in [4.78, 5) is 14.3. The fourth-order valence-corrected chi connectivity index (χ4v) is 3.86. The Morgan fingerprint density at radius 3 is 3.05 bits per heavy atom. The van der Waals surface area contributed by atoms with Crippen molar-refractivity contribution in [2.24, 2.45) is 0 Å². The third-order valence-corrected chi connectivity index (χ3v) is 5.14. The van der Waals surface area contributed by atoms with Gasteiger partial charge in [-0.25, -0.2) is 0 Å². The van der Waals surface area contributed by atoms with Gasteiger partial charge >= 0.3 is 0 Å². The zero-order valence-corrected chi connectivity index (χ0v) is 12.6. The van der Waals surface area contributed by atoms with E-state index in [0.717, 1.165) is 18.5 Å². The van der Waals surface area contributed by atoms with Crippen molar-refractivity contribution in [3.8, 4) is 0 Å². The molecule has 0 fully saturated rings. The molecule has 1 aliphatic heterocycles. The Hall–Kier alpha value is -1.92. The topological polar surface area (TPSA) is 72.4 Å². The molecule has 1 aromatic carbocycles. The lowest BCUT2D eigenvalue weighted by Crippen LogP contribution is -2.32. The predicted octanol–water partition coefficient (Wildman–Crippen LogP) is 3.36. The van der Waals surface area contributed by atoms with Gasteiger partial charge in [0.25, 0.3) is 5.69 Å². The monoisotopic (exact) mass is 303 g/mol. The van der Waals surface area contributed by atoms with Crippen LogP contribution >= 0.6 is 11.3 Å². The second-order valence-electron chi connectivity index (χ2n) is 5.30. The van der Waals surface area contributed by atoms with Crippen LogP contribution < -0.4 is 5.73 Å². The molecule has 6 heteroatoms. The molecule has 0 aliphatic carbocycles. The summed E-state index contributed by atoms with van der Waals surface area (Å²) in [6.45, 7) is 3.78. The maximum absolute atomic E-state index is 11.0. The first-order valence-electron chi connectivity index (χ1n) is 6.90. The number of fused-ring (bicyclic) bond motifs is 1. The van der Waals surface area contributed by atoms with Crippen LogP contribution in [0.3, 0.4) is 0 Å². The maximum Gasteiger partial charge on any atom is 0.292 e. The minimum atomic E-state index is -0.421. The van der Waals surface area contributed by atoms with Gasteiger partial charge < -0.3 is 5.73 Å². The molecule has 3 rings (SSSR count). The summed E-state index contributed by atoms with van der Waals surface area (Å²) >= 11 is 1.81. The van der Waals surface area contributed by atoms with Crippen LogP contribution in [0.4, 0.5) is 11.4 Å². The summed E-state index contributed by atoms with van der Waals surface area (Å²) in [5, 5.41) is 13.1. The van der Waals surface area contributed by atoms with Gasteiger partial charge in [0.2, 0.25) is 0 Å². The second-order valence-corrected chi connectivity index (χ2v) is 6.30. The lowest BCUT2D eigenvalue weighted by molar-refractivity contribution is -0.384. The molecule has 2 heterocycles. The van der Waals surface area contributed by atoms with E-state index in [4.69, 9.17) is 5.73 Å². The maximum atomic E-state index is 11.0. The molecule has 110 valence electrons. The fraction of sp³-hybridized carbons (Fsp3) is 0.333. The van der Waals surface area contributed by atoms with Gasteiger partial charge in [0.1, 0.15) is 5.69 Å². The van der Waals surface area contributed by atoms with Crippen molar-refractivity contribution in [2.45, 2.75) is 25.9 Å². The third-order valence-electron chi connectivity index (χ3n) is 4.15. The summed E-state index contributed by atoms with van der Waals surface area (Å²) in [7, 11) is 0. The Balaban J connectivity index is 1.85. The van der Waals surface area contributed by atoms with Gasteiger partial charge in [-0.3, -0.25) is 15.0 Å². The Labute approximate surface area is 127 Å². The number of nitrogen functional groups attached to an aromatic ring is 1. The molecule has 0 radical (unpaired) electrons. The molecule has 1 atom stereocenters. The number of nitrogens with zero attached hydrogens (tertiary/aromatic N) is 2. The second kappa shape index (κ2) is 5.46. The van der Waals surface area contributed by atoms with Gasteiger partial charge in [0.05, 0.1) is 4.92 Å². The van der Waals surface area contributed by atoms with E-state index in [2.05, 4.69) is 23.3 Å². The number of rotatable bonds is 3. The average Bonchev–Trinajstić information content (AvgIpc) is 2.93. The lowest BCUT2D eigenvalue weighted by Gasteiger charge is -2.33. The number of benzene rings is 1. The molecule has 0 bridgehead atoms. The van der Waals surface area contributed by atoms with Crippen molar-refractivity contribution in [2.75, 3.05) is 12.3 Å². The number of thiophene rings is 1. The molecule has 2 N–H and O–H groups in total. The summed E-state index contributed by atoms with van der Waals surface area (Å²) in [6.07, 6.45) is 1.03. The van der Waals surface area contributed by atoms with Gasteiger partial charge in [-0.2, -0.15) is 0 Å². The molecule has 0 saturated carbocycles. The van der Waals surface area contributed by atoms with Crippen LogP contribution in [-0.2, 0) is 13.0 Å². The summed E-state index contributed by atoms with van der Waals surface area (Å²) in [5.74, 6) is 0. The minimum absolute atomic E-state index is 0.00613. The van der Waals surface area contributed by atoms with E-state index in [-0.39, 0.29) is 11.4 Å². The van der Waals surface area contributed by atoms with E-state index in [0.29, 0.717) is 12.6 Å². The fourth-order valence-electron chi connectivity index (χ4n) is 2.89. The highest BCUT2D eigenvalue weighted by atomic mass is 32.1. The molecule has 2 aromatic rings. The molecular weight excluding hydrogens is 286 g/mol. The molecule has 1 aromatic heterocycles. The van der Waals surface area contributed by atoms with E-state index in [1.54, 1.807) is 17.4 Å². The van der Waals surface area contributed by atoms with Crippen molar-refractivity contribution >= 4 is 22.7 Å². The van der Waals surface area contributed by atoms with Crippen molar-refractivity contribution in [1.29, 1.82) is 0 Å². The van der Waals surface area contributed by atoms with Crippen molar-refractivity contribution < 1.29 is 4.92 Å². The molecule has 0 amide bonds. The largest absolute Gasteiger partial charge is 0.393 e. The number of nitro groups is 1. The van der Waals surface area contributed by atoms with E-state index >= 15 is 0 Å². The standard InChI is InChI=1S/C15H17N3O2S/c1-10-12-6-8-21-14(12)5-7-17(10)9-11-3-2-4-13(15(11)16)18(19)20/h2-4,6,8,10H,5,7,9,16H2,1H3. The number of hydrogen-bond donors (Lipinski definition) is 1. The molecular formula is C15H17N3O2S. The van der Waals surface area contributed by atoms with Gasteiger partial charge in [0, 0.05) is 30.1 Å². The predicted molar refractivity (Wildman–Crippen MR) is 84.4 cm³/mol. The highest BCUT2D eigenvalue weighted by Gasteiger charge is 2.26. The number of nitro benzene ring substituents is 1. The van der Waals surface area contributed by atoms with Gasteiger partial charge in [0.15, 0.2) is 0 Å². The Bertz CT molecular complexity index is 683. The Morgan fingerprint density at radius 2 is 2.29 bits per heavy atom. The van der Waals surface area contributed by atoms with Crippen LogP contribution in [0.1, 0.15) is 29.0 Å². The van der Waals surface area contributed by atoms with Crippen LogP contribution in [0.25, 0.3) is 0 Å². The number of nitrogens with two attached hydrogens (primary N) is 1. The molecule has 1 aliphatic rings. The third kappa shape index (κ3) is 2.52. The Kier molecular flexibility index (Phi) is 3.65. The quantitative estimate of drug-likeness (QED) is 0.536. The number of anilines is 1. The van der Waals surface area contributed by atoms with E-state index < -0.39 is 4.92 Å². The summed E-state index contributed by atoms with van der Waals surface area (Å²) in [6, 6.07) is 7.52. The molecule has 1 unspecified atom stereocenters. The van der Waals surface area contributed by atoms with Crippen molar-refractivity contribution in [3.63, 3.8) is 0 Å².